The SMILES string of the molecule is N#Cc1ccc(-c2nc(-c3ccc(Cl)c(Cl)c3)no2)s1. The van der Waals surface area contributed by atoms with E-state index in [0.717, 1.165) is 4.88 Å². The Bertz CT molecular complexity index is 819. The van der Waals surface area contributed by atoms with Crippen LogP contribution in [0.15, 0.2) is 34.9 Å². The van der Waals surface area contributed by atoms with Crippen LogP contribution < -0.4 is 0 Å². The van der Waals surface area contributed by atoms with E-state index in [4.69, 9.17) is 33.0 Å². The second kappa shape index (κ2) is 5.25. The lowest BCUT2D eigenvalue weighted by molar-refractivity contribution is 0.433. The summed E-state index contributed by atoms with van der Waals surface area (Å²) in [5, 5.41) is 13.6. The molecule has 0 atom stereocenters. The summed E-state index contributed by atoms with van der Waals surface area (Å²) in [6.07, 6.45) is 0. The van der Waals surface area contributed by atoms with Crippen LogP contribution in [0.3, 0.4) is 0 Å². The molecule has 7 heteroatoms. The Morgan fingerprint density at radius 3 is 2.70 bits per heavy atom. The summed E-state index contributed by atoms with van der Waals surface area (Å²) in [4.78, 5) is 5.63. The van der Waals surface area contributed by atoms with Crippen LogP contribution in [0, 0.1) is 11.3 Å². The Labute approximate surface area is 128 Å². The predicted molar refractivity (Wildman–Crippen MR) is 77.8 cm³/mol. The highest BCUT2D eigenvalue weighted by Gasteiger charge is 2.13. The first kappa shape index (κ1) is 13.1. The average Bonchev–Trinajstić information content (AvgIpc) is 3.09. The minimum absolute atomic E-state index is 0.373. The maximum absolute atomic E-state index is 8.80. The van der Waals surface area contributed by atoms with E-state index in [1.165, 1.54) is 11.3 Å². The van der Waals surface area contributed by atoms with Crippen molar-refractivity contribution in [1.82, 2.24) is 10.1 Å². The van der Waals surface area contributed by atoms with Crippen LogP contribution in [-0.4, -0.2) is 10.1 Å². The molecule has 4 nitrogen and oxygen atoms in total. The standard InChI is InChI=1S/C13H5Cl2N3OS/c14-9-3-1-7(5-10(9)15)12-17-13(19-18-12)11-4-2-8(6-16)20-11/h1-5H. The molecular formula is C13H5Cl2N3OS. The van der Waals surface area contributed by atoms with Crippen molar-refractivity contribution in [3.8, 4) is 28.2 Å². The molecule has 0 bridgehead atoms. The summed E-state index contributed by atoms with van der Waals surface area (Å²) in [5.74, 6) is 0.794. The van der Waals surface area contributed by atoms with E-state index in [1.807, 2.05) is 0 Å². The van der Waals surface area contributed by atoms with Crippen molar-refractivity contribution in [2.45, 2.75) is 0 Å². The largest absolute Gasteiger partial charge is 0.333 e. The Balaban J connectivity index is 1.97. The molecule has 3 aromatic rings. The summed E-state index contributed by atoms with van der Waals surface area (Å²) in [7, 11) is 0. The number of hydrogen-bond acceptors (Lipinski definition) is 5. The van der Waals surface area contributed by atoms with Gasteiger partial charge in [-0.2, -0.15) is 10.2 Å². The van der Waals surface area contributed by atoms with Gasteiger partial charge in [-0.3, -0.25) is 0 Å². The quantitative estimate of drug-likeness (QED) is 0.689. The zero-order valence-electron chi connectivity index (χ0n) is 9.80. The fourth-order valence-corrected chi connectivity index (χ4v) is 2.61. The summed E-state index contributed by atoms with van der Waals surface area (Å²) in [6, 6.07) is 10.7. The highest BCUT2D eigenvalue weighted by Crippen LogP contribution is 2.30. The van der Waals surface area contributed by atoms with Gasteiger partial charge in [-0.15, -0.1) is 11.3 Å². The minimum Gasteiger partial charge on any atom is -0.333 e. The highest BCUT2D eigenvalue weighted by molar-refractivity contribution is 7.15. The van der Waals surface area contributed by atoms with E-state index >= 15 is 0 Å². The van der Waals surface area contributed by atoms with Gasteiger partial charge in [0.1, 0.15) is 10.9 Å². The summed E-state index contributed by atoms with van der Waals surface area (Å²) >= 11 is 13.1. The number of aromatic nitrogens is 2. The molecule has 0 radical (unpaired) electrons. The Morgan fingerprint density at radius 1 is 1.15 bits per heavy atom. The first-order chi connectivity index (χ1) is 9.67. The van der Waals surface area contributed by atoms with E-state index < -0.39 is 0 Å². The topological polar surface area (TPSA) is 62.7 Å². The summed E-state index contributed by atoms with van der Waals surface area (Å²) in [6.45, 7) is 0. The molecule has 0 N–H and O–H groups in total. The van der Waals surface area contributed by atoms with Crippen LogP contribution in [0.2, 0.25) is 10.0 Å². The Kier molecular flexibility index (Phi) is 3.45. The molecule has 0 saturated carbocycles. The maximum atomic E-state index is 8.80. The first-order valence-corrected chi connectivity index (χ1v) is 7.04. The van der Waals surface area contributed by atoms with Crippen LogP contribution in [0.1, 0.15) is 4.88 Å². The van der Waals surface area contributed by atoms with Crippen LogP contribution in [0.5, 0.6) is 0 Å². The molecule has 0 fully saturated rings. The van der Waals surface area contributed by atoms with Crippen molar-refractivity contribution in [2.24, 2.45) is 0 Å². The molecule has 0 amide bonds. The third-order valence-electron chi connectivity index (χ3n) is 2.53. The van der Waals surface area contributed by atoms with E-state index in [1.54, 1.807) is 30.3 Å². The van der Waals surface area contributed by atoms with Gasteiger partial charge < -0.3 is 4.52 Å². The molecule has 0 saturated heterocycles. The Hall–Kier alpha value is -1.87. The molecule has 3 rings (SSSR count). The van der Waals surface area contributed by atoms with Crippen molar-refractivity contribution < 1.29 is 4.52 Å². The molecule has 0 unspecified atom stereocenters. The zero-order chi connectivity index (χ0) is 14.1. The van der Waals surface area contributed by atoms with E-state index in [9.17, 15) is 0 Å². The van der Waals surface area contributed by atoms with Gasteiger partial charge >= 0.3 is 0 Å². The molecule has 0 aliphatic rings. The molecule has 2 aromatic heterocycles. The maximum Gasteiger partial charge on any atom is 0.268 e. The Morgan fingerprint density at radius 2 is 2.00 bits per heavy atom. The molecular weight excluding hydrogens is 317 g/mol. The smallest absolute Gasteiger partial charge is 0.268 e. The number of thiophene rings is 1. The van der Waals surface area contributed by atoms with Crippen molar-refractivity contribution >= 4 is 34.5 Å². The zero-order valence-corrected chi connectivity index (χ0v) is 12.1. The average molecular weight is 322 g/mol. The third-order valence-corrected chi connectivity index (χ3v) is 4.25. The molecule has 2 heterocycles. The minimum atomic E-state index is 0.373. The van der Waals surface area contributed by atoms with Crippen molar-refractivity contribution in [3.63, 3.8) is 0 Å². The molecule has 0 spiro atoms. The lowest BCUT2D eigenvalue weighted by atomic mass is 10.2. The lowest BCUT2D eigenvalue weighted by Gasteiger charge is -1.97. The second-order valence-electron chi connectivity index (χ2n) is 3.83. The van der Waals surface area contributed by atoms with Gasteiger partial charge in [0.05, 0.1) is 14.9 Å². The van der Waals surface area contributed by atoms with Gasteiger partial charge in [0.15, 0.2) is 0 Å². The second-order valence-corrected chi connectivity index (χ2v) is 5.73. The number of hydrogen-bond donors (Lipinski definition) is 0. The van der Waals surface area contributed by atoms with Crippen molar-refractivity contribution in [2.75, 3.05) is 0 Å². The molecule has 0 aliphatic heterocycles. The van der Waals surface area contributed by atoms with E-state index in [-0.39, 0.29) is 0 Å². The number of halogens is 2. The number of nitriles is 1. The number of rotatable bonds is 2. The van der Waals surface area contributed by atoms with Crippen molar-refractivity contribution in [1.29, 1.82) is 5.26 Å². The molecule has 1 aromatic carbocycles. The van der Waals surface area contributed by atoms with Gasteiger partial charge in [-0.25, -0.2) is 0 Å². The van der Waals surface area contributed by atoms with Crippen LogP contribution in [0.4, 0.5) is 0 Å². The lowest BCUT2D eigenvalue weighted by Crippen LogP contribution is -1.81. The van der Waals surface area contributed by atoms with Gasteiger partial charge in [-0.1, -0.05) is 28.4 Å². The molecule has 20 heavy (non-hydrogen) atoms. The summed E-state index contributed by atoms with van der Waals surface area (Å²) in [5.41, 5.74) is 0.714. The van der Waals surface area contributed by atoms with E-state index in [2.05, 4.69) is 16.2 Å². The van der Waals surface area contributed by atoms with Crippen molar-refractivity contribution in [3.05, 3.63) is 45.3 Å². The molecule has 98 valence electrons. The van der Waals surface area contributed by atoms with Crippen LogP contribution in [-0.2, 0) is 0 Å². The van der Waals surface area contributed by atoms with Crippen LogP contribution in [0.25, 0.3) is 22.2 Å². The van der Waals surface area contributed by atoms with Gasteiger partial charge in [0.25, 0.3) is 5.89 Å². The normalized spacial score (nSPS) is 10.4. The van der Waals surface area contributed by atoms with Crippen LogP contribution >= 0.6 is 34.5 Å². The fraction of sp³-hybridized carbons (Fsp3) is 0. The monoisotopic (exact) mass is 321 g/mol. The van der Waals surface area contributed by atoms with Gasteiger partial charge in [0, 0.05) is 5.56 Å². The first-order valence-electron chi connectivity index (χ1n) is 5.47. The fourth-order valence-electron chi connectivity index (χ4n) is 1.59. The third kappa shape index (κ3) is 2.41. The van der Waals surface area contributed by atoms with Gasteiger partial charge in [0.2, 0.25) is 5.82 Å². The highest BCUT2D eigenvalue weighted by atomic mass is 35.5. The number of benzene rings is 1. The summed E-state index contributed by atoms with van der Waals surface area (Å²) < 4.78 is 5.20. The predicted octanol–water partition coefficient (Wildman–Crippen LogP) is 4.64. The molecule has 0 aliphatic carbocycles. The van der Waals surface area contributed by atoms with Gasteiger partial charge in [-0.05, 0) is 30.3 Å². The van der Waals surface area contributed by atoms with E-state index in [0.29, 0.717) is 32.2 Å². The number of nitrogens with zero attached hydrogens (tertiary/aromatic N) is 3.